The summed E-state index contributed by atoms with van der Waals surface area (Å²) in [5, 5.41) is 6.78. The molecule has 0 unspecified atom stereocenters. The van der Waals surface area contributed by atoms with E-state index in [0.717, 1.165) is 36.7 Å². The molecule has 0 atom stereocenters. The van der Waals surface area contributed by atoms with Gasteiger partial charge in [0.25, 0.3) is 0 Å². The first-order valence-corrected chi connectivity index (χ1v) is 6.59. The highest BCUT2D eigenvalue weighted by molar-refractivity contribution is 5.47. The van der Waals surface area contributed by atoms with Gasteiger partial charge >= 0.3 is 0 Å². The Bertz CT molecular complexity index is 380. The van der Waals surface area contributed by atoms with Gasteiger partial charge in [-0.1, -0.05) is 26.0 Å². The van der Waals surface area contributed by atoms with Crippen LogP contribution in [0.15, 0.2) is 18.2 Å². The largest absolute Gasteiger partial charge is 0.486 e. The van der Waals surface area contributed by atoms with Crippen LogP contribution in [0.4, 0.5) is 0 Å². The van der Waals surface area contributed by atoms with E-state index in [1.165, 1.54) is 0 Å². The van der Waals surface area contributed by atoms with E-state index in [-0.39, 0.29) is 0 Å². The molecule has 4 nitrogen and oxygen atoms in total. The first-order valence-electron chi connectivity index (χ1n) is 6.59. The zero-order chi connectivity index (χ0) is 12.8. The van der Waals surface area contributed by atoms with Gasteiger partial charge in [0, 0.05) is 31.2 Å². The second kappa shape index (κ2) is 6.61. The van der Waals surface area contributed by atoms with E-state index in [2.05, 4.69) is 30.5 Å². The molecule has 1 aromatic rings. The van der Waals surface area contributed by atoms with Gasteiger partial charge in [0.15, 0.2) is 11.5 Å². The van der Waals surface area contributed by atoms with Crippen molar-refractivity contribution < 1.29 is 9.47 Å². The lowest BCUT2D eigenvalue weighted by Gasteiger charge is -2.21. The average molecular weight is 250 g/mol. The number of rotatable bonds is 6. The fraction of sp³-hybridized carbons (Fsp3) is 0.571. The summed E-state index contributed by atoms with van der Waals surface area (Å²) in [6.45, 7) is 8.32. The van der Waals surface area contributed by atoms with Crippen molar-refractivity contribution in [3.05, 3.63) is 23.8 Å². The molecule has 1 heterocycles. The van der Waals surface area contributed by atoms with Crippen molar-refractivity contribution in [3.8, 4) is 11.5 Å². The van der Waals surface area contributed by atoms with Crippen LogP contribution in [0.2, 0.25) is 0 Å². The Morgan fingerprint density at radius 1 is 1.17 bits per heavy atom. The van der Waals surface area contributed by atoms with E-state index in [1.54, 1.807) is 0 Å². The van der Waals surface area contributed by atoms with Crippen LogP contribution in [0.5, 0.6) is 11.5 Å². The highest BCUT2D eigenvalue weighted by Gasteiger charge is 2.14. The van der Waals surface area contributed by atoms with Gasteiger partial charge in [-0.3, -0.25) is 0 Å². The predicted molar refractivity (Wildman–Crippen MR) is 72.3 cm³/mol. The van der Waals surface area contributed by atoms with Crippen molar-refractivity contribution in [1.82, 2.24) is 10.6 Å². The molecule has 2 rings (SSSR count). The predicted octanol–water partition coefficient (Wildman–Crippen LogP) is 1.55. The lowest BCUT2D eigenvalue weighted by Crippen LogP contribution is -2.31. The van der Waals surface area contributed by atoms with Gasteiger partial charge in [0.1, 0.15) is 13.2 Å². The highest BCUT2D eigenvalue weighted by atomic mass is 16.6. The van der Waals surface area contributed by atoms with Gasteiger partial charge in [0.2, 0.25) is 0 Å². The van der Waals surface area contributed by atoms with Gasteiger partial charge in [-0.2, -0.15) is 0 Å². The number of hydrogen-bond donors (Lipinski definition) is 2. The van der Waals surface area contributed by atoms with E-state index in [9.17, 15) is 0 Å². The van der Waals surface area contributed by atoms with E-state index in [0.29, 0.717) is 19.3 Å². The molecular weight excluding hydrogens is 228 g/mol. The Labute approximate surface area is 109 Å². The zero-order valence-corrected chi connectivity index (χ0v) is 11.2. The lowest BCUT2D eigenvalue weighted by atomic mass is 10.1. The van der Waals surface area contributed by atoms with Crippen LogP contribution in [0.1, 0.15) is 19.4 Å². The van der Waals surface area contributed by atoms with E-state index in [1.807, 2.05) is 12.1 Å². The van der Waals surface area contributed by atoms with Crippen LogP contribution >= 0.6 is 0 Å². The van der Waals surface area contributed by atoms with E-state index >= 15 is 0 Å². The molecular formula is C14H22N2O2. The highest BCUT2D eigenvalue weighted by Crippen LogP contribution is 2.33. The summed E-state index contributed by atoms with van der Waals surface area (Å²) in [6.07, 6.45) is 0. The number of benzene rings is 1. The second-order valence-corrected chi connectivity index (χ2v) is 4.73. The molecule has 18 heavy (non-hydrogen) atoms. The quantitative estimate of drug-likeness (QED) is 0.752. The third-order valence-electron chi connectivity index (χ3n) is 2.82. The minimum Gasteiger partial charge on any atom is -0.486 e. The number of para-hydroxylation sites is 1. The van der Waals surface area contributed by atoms with Gasteiger partial charge in [-0.05, 0) is 6.07 Å². The maximum atomic E-state index is 5.67. The molecule has 0 aromatic heterocycles. The van der Waals surface area contributed by atoms with Crippen molar-refractivity contribution in [1.29, 1.82) is 0 Å². The number of nitrogens with one attached hydrogen (secondary N) is 2. The first kappa shape index (κ1) is 13.2. The minimum absolute atomic E-state index is 0.535. The fourth-order valence-electron chi connectivity index (χ4n) is 1.95. The lowest BCUT2D eigenvalue weighted by molar-refractivity contribution is 0.169. The van der Waals surface area contributed by atoms with Crippen LogP contribution in [0.25, 0.3) is 0 Å². The second-order valence-electron chi connectivity index (χ2n) is 4.73. The molecule has 0 bridgehead atoms. The van der Waals surface area contributed by atoms with Crippen molar-refractivity contribution >= 4 is 0 Å². The number of hydrogen-bond acceptors (Lipinski definition) is 4. The van der Waals surface area contributed by atoms with Crippen LogP contribution < -0.4 is 20.1 Å². The summed E-state index contributed by atoms with van der Waals surface area (Å²) in [5.74, 6) is 1.76. The van der Waals surface area contributed by atoms with Crippen molar-refractivity contribution in [2.45, 2.75) is 26.4 Å². The maximum Gasteiger partial charge on any atom is 0.165 e. The molecule has 0 amide bonds. The standard InChI is InChI=1S/C14H22N2O2/c1-11(2)16-7-6-15-10-12-4-3-5-13-14(12)18-9-8-17-13/h3-5,11,15-16H,6-10H2,1-2H3. The van der Waals surface area contributed by atoms with Crippen LogP contribution in [0.3, 0.4) is 0 Å². The Morgan fingerprint density at radius 3 is 2.83 bits per heavy atom. The van der Waals surface area contributed by atoms with Crippen molar-refractivity contribution in [3.63, 3.8) is 0 Å². The van der Waals surface area contributed by atoms with Crippen molar-refractivity contribution in [2.75, 3.05) is 26.3 Å². The Hall–Kier alpha value is -1.26. The summed E-state index contributed by atoms with van der Waals surface area (Å²) >= 11 is 0. The molecule has 1 aromatic carbocycles. The average Bonchev–Trinajstić information content (AvgIpc) is 2.38. The molecule has 0 spiro atoms. The van der Waals surface area contributed by atoms with Gasteiger partial charge < -0.3 is 20.1 Å². The molecule has 1 aliphatic rings. The zero-order valence-electron chi connectivity index (χ0n) is 11.2. The Morgan fingerprint density at radius 2 is 2.00 bits per heavy atom. The summed E-state index contributed by atoms with van der Waals surface area (Å²) in [7, 11) is 0. The first-order chi connectivity index (χ1) is 8.77. The molecule has 1 aliphatic heterocycles. The van der Waals surface area contributed by atoms with Gasteiger partial charge in [-0.15, -0.1) is 0 Å². The summed E-state index contributed by atoms with van der Waals surface area (Å²) < 4.78 is 11.2. The molecule has 0 aliphatic carbocycles. The van der Waals surface area contributed by atoms with Gasteiger partial charge in [-0.25, -0.2) is 0 Å². The third-order valence-corrected chi connectivity index (χ3v) is 2.82. The molecule has 0 saturated heterocycles. The Balaban J connectivity index is 1.82. The summed E-state index contributed by atoms with van der Waals surface area (Å²) in [4.78, 5) is 0. The summed E-state index contributed by atoms with van der Waals surface area (Å²) in [6, 6.07) is 6.58. The van der Waals surface area contributed by atoms with Gasteiger partial charge in [0.05, 0.1) is 0 Å². The van der Waals surface area contributed by atoms with E-state index < -0.39 is 0 Å². The van der Waals surface area contributed by atoms with Crippen LogP contribution in [-0.4, -0.2) is 32.3 Å². The van der Waals surface area contributed by atoms with E-state index in [4.69, 9.17) is 9.47 Å². The number of ether oxygens (including phenoxy) is 2. The number of fused-ring (bicyclic) bond motifs is 1. The minimum atomic E-state index is 0.535. The van der Waals surface area contributed by atoms with Crippen molar-refractivity contribution in [2.24, 2.45) is 0 Å². The fourth-order valence-corrected chi connectivity index (χ4v) is 1.95. The Kier molecular flexibility index (Phi) is 4.84. The molecule has 0 radical (unpaired) electrons. The molecule has 0 fully saturated rings. The SMILES string of the molecule is CC(C)NCCNCc1cccc2c1OCCO2. The smallest absolute Gasteiger partial charge is 0.165 e. The third kappa shape index (κ3) is 3.62. The topological polar surface area (TPSA) is 42.5 Å². The molecule has 4 heteroatoms. The monoisotopic (exact) mass is 250 g/mol. The maximum absolute atomic E-state index is 5.67. The van der Waals surface area contributed by atoms with Crippen LogP contribution in [0, 0.1) is 0 Å². The van der Waals surface area contributed by atoms with Crippen LogP contribution in [-0.2, 0) is 6.54 Å². The molecule has 2 N–H and O–H groups in total. The normalized spacial score (nSPS) is 13.9. The summed E-state index contributed by atoms with van der Waals surface area (Å²) in [5.41, 5.74) is 1.16. The molecule has 0 saturated carbocycles. The molecule has 100 valence electrons.